The topological polar surface area (TPSA) is 83.2 Å². The highest BCUT2D eigenvalue weighted by atomic mass is 16.5. The first-order chi connectivity index (χ1) is 11.8. The smallest absolute Gasteiger partial charge is 0.272 e. The lowest BCUT2D eigenvalue weighted by molar-refractivity contribution is -0.00903. The molecule has 8 nitrogen and oxygen atoms in total. The predicted molar refractivity (Wildman–Crippen MR) is 91.5 cm³/mol. The van der Waals surface area contributed by atoms with Crippen LogP contribution in [-0.4, -0.2) is 38.7 Å². The quantitative estimate of drug-likeness (QED) is 0.904. The van der Waals surface area contributed by atoms with Crippen LogP contribution in [0.3, 0.4) is 0 Å². The Morgan fingerprint density at radius 2 is 2.04 bits per heavy atom. The number of rotatable bonds is 4. The van der Waals surface area contributed by atoms with E-state index < -0.39 is 0 Å². The normalized spacial score (nSPS) is 19.6. The summed E-state index contributed by atoms with van der Waals surface area (Å²) in [4.78, 5) is 12.7. The van der Waals surface area contributed by atoms with Gasteiger partial charge in [-0.2, -0.15) is 10.2 Å². The second kappa shape index (κ2) is 6.51. The number of nitrogens with zero attached hydrogens (tertiary/aromatic N) is 4. The summed E-state index contributed by atoms with van der Waals surface area (Å²) in [5.74, 6) is 0.458. The lowest BCUT2D eigenvalue weighted by Gasteiger charge is -2.26. The molecule has 25 heavy (non-hydrogen) atoms. The van der Waals surface area contributed by atoms with Gasteiger partial charge in [0.05, 0.1) is 42.8 Å². The number of nitrogens with one attached hydrogen (secondary N) is 1. The van der Waals surface area contributed by atoms with Gasteiger partial charge in [0.25, 0.3) is 5.91 Å². The fourth-order valence-electron chi connectivity index (χ4n) is 3.61. The number of aromatic nitrogens is 4. The number of ether oxygens (including phenoxy) is 2. The van der Waals surface area contributed by atoms with Gasteiger partial charge < -0.3 is 14.8 Å². The van der Waals surface area contributed by atoms with Gasteiger partial charge in [0.2, 0.25) is 5.88 Å². The van der Waals surface area contributed by atoms with Gasteiger partial charge in [-0.3, -0.25) is 9.48 Å². The van der Waals surface area contributed by atoms with Gasteiger partial charge in [-0.15, -0.1) is 0 Å². The zero-order chi connectivity index (χ0) is 18.3. The van der Waals surface area contributed by atoms with Crippen molar-refractivity contribution in [3.63, 3.8) is 0 Å². The van der Waals surface area contributed by atoms with Crippen LogP contribution in [0.25, 0.3) is 0 Å². The Morgan fingerprint density at radius 3 is 2.72 bits per heavy atom. The molecule has 0 unspecified atom stereocenters. The minimum absolute atomic E-state index is 0.0684. The van der Waals surface area contributed by atoms with Crippen molar-refractivity contribution in [1.82, 2.24) is 24.9 Å². The molecule has 8 heteroatoms. The molecule has 0 bridgehead atoms. The summed E-state index contributed by atoms with van der Waals surface area (Å²) in [6, 6.07) is 0. The van der Waals surface area contributed by atoms with Gasteiger partial charge in [0.1, 0.15) is 0 Å². The Hall–Kier alpha value is -2.35. The van der Waals surface area contributed by atoms with Crippen LogP contribution in [0.5, 0.6) is 5.88 Å². The molecule has 1 amide bonds. The van der Waals surface area contributed by atoms with Gasteiger partial charge in [-0.25, -0.2) is 4.68 Å². The van der Waals surface area contributed by atoms with E-state index in [1.807, 2.05) is 34.9 Å². The van der Waals surface area contributed by atoms with E-state index in [0.29, 0.717) is 24.5 Å². The van der Waals surface area contributed by atoms with E-state index in [4.69, 9.17) is 9.47 Å². The summed E-state index contributed by atoms with van der Waals surface area (Å²) in [7, 11) is 5.26. The largest absolute Gasteiger partial charge is 0.481 e. The van der Waals surface area contributed by atoms with E-state index in [9.17, 15) is 4.79 Å². The fourth-order valence-corrected chi connectivity index (χ4v) is 3.61. The standard InChI is InChI=1S/C17H25N5O3/c1-9-7-12-14(20-21(4)15(12)11(3)25-9)16(23)18-8-13-10(2)19-22(5)17(13)24-6/h9,11H,7-8H2,1-6H3,(H,18,23)/t9-,11+/m0/s1. The van der Waals surface area contributed by atoms with Crippen molar-refractivity contribution in [1.29, 1.82) is 0 Å². The molecule has 0 spiro atoms. The first-order valence-electron chi connectivity index (χ1n) is 8.39. The number of methoxy groups -OCH3 is 1. The molecule has 1 aliphatic rings. The molecule has 0 fully saturated rings. The molecule has 136 valence electrons. The Morgan fingerprint density at radius 1 is 1.32 bits per heavy atom. The zero-order valence-electron chi connectivity index (χ0n) is 15.6. The number of carbonyl (C=O) groups is 1. The lowest BCUT2D eigenvalue weighted by atomic mass is 9.99. The number of fused-ring (bicyclic) bond motifs is 1. The summed E-state index contributed by atoms with van der Waals surface area (Å²) in [5, 5.41) is 11.7. The maximum Gasteiger partial charge on any atom is 0.272 e. The van der Waals surface area contributed by atoms with Crippen molar-refractivity contribution >= 4 is 5.91 Å². The van der Waals surface area contributed by atoms with Crippen molar-refractivity contribution < 1.29 is 14.3 Å². The maximum absolute atomic E-state index is 12.7. The Balaban J connectivity index is 1.83. The summed E-state index contributed by atoms with van der Waals surface area (Å²) in [6.07, 6.45) is 0.684. The van der Waals surface area contributed by atoms with Crippen LogP contribution in [0.4, 0.5) is 0 Å². The first kappa shape index (κ1) is 17.5. The van der Waals surface area contributed by atoms with Crippen LogP contribution in [0.2, 0.25) is 0 Å². The monoisotopic (exact) mass is 347 g/mol. The lowest BCUT2D eigenvalue weighted by Crippen LogP contribution is -2.27. The van der Waals surface area contributed by atoms with Crippen molar-refractivity contribution in [2.45, 2.75) is 45.9 Å². The Labute approximate surface area is 147 Å². The molecule has 3 heterocycles. The first-order valence-corrected chi connectivity index (χ1v) is 8.39. The van der Waals surface area contributed by atoms with Crippen LogP contribution in [0.15, 0.2) is 0 Å². The number of hydrogen-bond donors (Lipinski definition) is 1. The third-order valence-electron chi connectivity index (χ3n) is 4.63. The predicted octanol–water partition coefficient (Wildman–Crippen LogP) is 1.42. The summed E-state index contributed by atoms with van der Waals surface area (Å²) >= 11 is 0. The third-order valence-corrected chi connectivity index (χ3v) is 4.63. The maximum atomic E-state index is 12.7. The van der Waals surface area contributed by atoms with Crippen molar-refractivity contribution in [2.75, 3.05) is 7.11 Å². The Kier molecular flexibility index (Phi) is 4.55. The second-order valence-electron chi connectivity index (χ2n) is 6.51. The van der Waals surface area contributed by atoms with Crippen LogP contribution >= 0.6 is 0 Å². The van der Waals surface area contributed by atoms with Crippen molar-refractivity contribution in [3.05, 3.63) is 28.2 Å². The molecule has 0 saturated heterocycles. The van der Waals surface area contributed by atoms with Crippen LogP contribution < -0.4 is 10.1 Å². The summed E-state index contributed by atoms with van der Waals surface area (Å²) in [5.41, 5.74) is 4.12. The average molecular weight is 347 g/mol. The van der Waals surface area contributed by atoms with E-state index in [0.717, 1.165) is 22.5 Å². The summed E-state index contributed by atoms with van der Waals surface area (Å²) < 4.78 is 14.6. The van der Waals surface area contributed by atoms with E-state index >= 15 is 0 Å². The number of hydrogen-bond acceptors (Lipinski definition) is 5. The van der Waals surface area contributed by atoms with Gasteiger partial charge in [0, 0.05) is 26.1 Å². The highest BCUT2D eigenvalue weighted by molar-refractivity contribution is 5.94. The molecular formula is C17H25N5O3. The molecule has 0 aliphatic carbocycles. The van der Waals surface area contributed by atoms with Crippen molar-refractivity contribution in [2.24, 2.45) is 14.1 Å². The van der Waals surface area contributed by atoms with E-state index in [1.54, 1.807) is 16.5 Å². The van der Waals surface area contributed by atoms with E-state index in [2.05, 4.69) is 15.5 Å². The van der Waals surface area contributed by atoms with Crippen LogP contribution in [-0.2, 0) is 31.8 Å². The number of amides is 1. The molecule has 0 aromatic carbocycles. The van der Waals surface area contributed by atoms with Crippen LogP contribution in [0, 0.1) is 6.92 Å². The minimum Gasteiger partial charge on any atom is -0.481 e. The van der Waals surface area contributed by atoms with Crippen molar-refractivity contribution in [3.8, 4) is 5.88 Å². The highest BCUT2D eigenvalue weighted by Crippen LogP contribution is 2.31. The molecule has 1 N–H and O–H groups in total. The third kappa shape index (κ3) is 3.02. The SMILES string of the molecule is COc1c(CNC(=O)c2nn(C)c3c2C[C@H](C)O[C@@H]3C)c(C)nn1C. The molecule has 2 aromatic heterocycles. The van der Waals surface area contributed by atoms with Gasteiger partial charge in [-0.05, 0) is 20.8 Å². The van der Waals surface area contributed by atoms with Crippen LogP contribution in [0.1, 0.15) is 53.0 Å². The molecule has 2 atom stereocenters. The molecule has 0 radical (unpaired) electrons. The molecule has 3 rings (SSSR count). The number of carbonyl (C=O) groups excluding carboxylic acids is 1. The zero-order valence-corrected chi connectivity index (χ0v) is 15.6. The highest BCUT2D eigenvalue weighted by Gasteiger charge is 2.31. The molecule has 0 saturated carbocycles. The number of aryl methyl sites for hydroxylation is 3. The molecule has 2 aromatic rings. The van der Waals surface area contributed by atoms with Gasteiger partial charge in [0.15, 0.2) is 5.69 Å². The van der Waals surface area contributed by atoms with Gasteiger partial charge >= 0.3 is 0 Å². The molecular weight excluding hydrogens is 322 g/mol. The second-order valence-corrected chi connectivity index (χ2v) is 6.51. The molecule has 1 aliphatic heterocycles. The average Bonchev–Trinajstić information content (AvgIpc) is 3.01. The summed E-state index contributed by atoms with van der Waals surface area (Å²) in [6.45, 7) is 6.24. The Bertz CT molecular complexity index is 808. The fraction of sp³-hybridized carbons (Fsp3) is 0.588. The van der Waals surface area contributed by atoms with E-state index in [1.165, 1.54) is 0 Å². The van der Waals surface area contributed by atoms with E-state index in [-0.39, 0.29) is 18.1 Å². The minimum atomic E-state index is -0.191. The van der Waals surface area contributed by atoms with Gasteiger partial charge in [-0.1, -0.05) is 0 Å².